The van der Waals surface area contributed by atoms with Gasteiger partial charge in [-0.3, -0.25) is 9.69 Å². The minimum atomic E-state index is 0.0900. The molecule has 0 spiro atoms. The topological polar surface area (TPSA) is 35.6 Å². The van der Waals surface area contributed by atoms with E-state index in [-0.39, 0.29) is 5.91 Å². The first kappa shape index (κ1) is 15.9. The van der Waals surface area contributed by atoms with Crippen LogP contribution in [0.4, 0.5) is 5.69 Å². The Morgan fingerprint density at radius 1 is 1.33 bits per heavy atom. The maximum absolute atomic E-state index is 11.6. The van der Waals surface area contributed by atoms with Gasteiger partial charge in [-0.2, -0.15) is 0 Å². The molecule has 0 aliphatic carbocycles. The minimum Gasteiger partial charge on any atom is -0.369 e. The van der Waals surface area contributed by atoms with Gasteiger partial charge >= 0.3 is 0 Å². The molecule has 1 heterocycles. The van der Waals surface area contributed by atoms with E-state index >= 15 is 0 Å². The second-order valence-electron chi connectivity index (χ2n) is 5.15. The number of halogens is 1. The fraction of sp³-hybridized carbons (Fsp3) is 0.438. The number of amides is 1. The van der Waals surface area contributed by atoms with Crippen molar-refractivity contribution in [1.29, 1.82) is 0 Å². The highest BCUT2D eigenvalue weighted by Crippen LogP contribution is 2.20. The summed E-state index contributed by atoms with van der Waals surface area (Å²) in [6.07, 6.45) is 2.24. The monoisotopic (exact) mass is 307 g/mol. The Labute approximate surface area is 131 Å². The molecular formula is C16H22ClN3O. The van der Waals surface area contributed by atoms with Gasteiger partial charge in [0.15, 0.2) is 0 Å². The molecule has 0 saturated carbocycles. The summed E-state index contributed by atoms with van der Waals surface area (Å²) in [6, 6.07) is 7.96. The number of hydrogen-bond donors (Lipinski definition) is 1. The number of nitrogens with zero attached hydrogens (tertiary/aromatic N) is 2. The quantitative estimate of drug-likeness (QED) is 0.818. The van der Waals surface area contributed by atoms with E-state index in [1.165, 1.54) is 5.69 Å². The predicted molar refractivity (Wildman–Crippen MR) is 87.9 cm³/mol. The lowest BCUT2D eigenvalue weighted by Crippen LogP contribution is -2.47. The van der Waals surface area contributed by atoms with E-state index in [1.54, 1.807) is 6.08 Å². The number of piperazine rings is 1. The van der Waals surface area contributed by atoms with Crippen LogP contribution in [0.2, 0.25) is 5.02 Å². The van der Waals surface area contributed by atoms with Crippen molar-refractivity contribution in [3.05, 3.63) is 41.9 Å². The molecular weight excluding hydrogens is 286 g/mol. The van der Waals surface area contributed by atoms with E-state index < -0.39 is 0 Å². The number of anilines is 1. The fourth-order valence-electron chi connectivity index (χ4n) is 2.44. The molecule has 1 aromatic rings. The van der Waals surface area contributed by atoms with Crippen molar-refractivity contribution in [3.63, 3.8) is 0 Å². The third kappa shape index (κ3) is 5.06. The maximum Gasteiger partial charge on any atom is 0.221 e. The fourth-order valence-corrected chi connectivity index (χ4v) is 2.62. The number of hydrogen-bond acceptors (Lipinski definition) is 3. The van der Waals surface area contributed by atoms with Gasteiger partial charge in [-0.05, 0) is 18.2 Å². The molecule has 0 bridgehead atoms. The van der Waals surface area contributed by atoms with Crippen molar-refractivity contribution in [2.75, 3.05) is 44.2 Å². The number of benzene rings is 1. The van der Waals surface area contributed by atoms with Gasteiger partial charge < -0.3 is 10.2 Å². The summed E-state index contributed by atoms with van der Waals surface area (Å²) in [5, 5.41) is 3.58. The Morgan fingerprint density at radius 2 is 2.10 bits per heavy atom. The minimum absolute atomic E-state index is 0.0900. The average molecular weight is 308 g/mol. The Balaban J connectivity index is 1.73. The van der Waals surface area contributed by atoms with Gasteiger partial charge in [-0.25, -0.2) is 0 Å². The molecule has 1 aliphatic rings. The van der Waals surface area contributed by atoms with Gasteiger partial charge in [0.25, 0.3) is 0 Å². The summed E-state index contributed by atoms with van der Waals surface area (Å²) >= 11 is 6.03. The van der Waals surface area contributed by atoms with E-state index in [0.717, 1.165) is 37.7 Å². The molecule has 1 aromatic carbocycles. The SMILES string of the molecule is C=CCNC(=O)CCN1CCN(c2cccc(Cl)c2)CC1. The van der Waals surface area contributed by atoms with Crippen LogP contribution >= 0.6 is 11.6 Å². The van der Waals surface area contributed by atoms with Crippen LogP contribution < -0.4 is 10.2 Å². The highest BCUT2D eigenvalue weighted by molar-refractivity contribution is 6.30. The van der Waals surface area contributed by atoms with Gasteiger partial charge in [0.2, 0.25) is 5.91 Å². The zero-order valence-corrected chi connectivity index (χ0v) is 13.0. The Morgan fingerprint density at radius 3 is 2.76 bits per heavy atom. The first-order chi connectivity index (χ1) is 10.2. The van der Waals surface area contributed by atoms with Crippen molar-refractivity contribution < 1.29 is 4.79 Å². The van der Waals surface area contributed by atoms with E-state index in [4.69, 9.17) is 11.6 Å². The molecule has 1 aliphatic heterocycles. The number of carbonyl (C=O) groups is 1. The maximum atomic E-state index is 11.6. The van der Waals surface area contributed by atoms with Crippen LogP contribution in [0.15, 0.2) is 36.9 Å². The van der Waals surface area contributed by atoms with Crippen molar-refractivity contribution >= 4 is 23.2 Å². The third-order valence-corrected chi connectivity index (χ3v) is 3.88. The molecule has 5 heteroatoms. The van der Waals surface area contributed by atoms with Gasteiger partial charge in [0.05, 0.1) is 0 Å². The molecule has 0 atom stereocenters. The molecule has 0 aromatic heterocycles. The van der Waals surface area contributed by atoms with Gasteiger partial charge in [0, 0.05) is 56.4 Å². The molecule has 1 saturated heterocycles. The van der Waals surface area contributed by atoms with E-state index in [2.05, 4.69) is 27.8 Å². The zero-order chi connectivity index (χ0) is 15.1. The first-order valence-corrected chi connectivity index (χ1v) is 7.67. The normalized spacial score (nSPS) is 15.8. The van der Waals surface area contributed by atoms with Gasteiger partial charge in [-0.1, -0.05) is 23.7 Å². The van der Waals surface area contributed by atoms with Crippen molar-refractivity contribution in [3.8, 4) is 0 Å². The zero-order valence-electron chi connectivity index (χ0n) is 12.2. The van der Waals surface area contributed by atoms with Crippen molar-refractivity contribution in [2.24, 2.45) is 0 Å². The van der Waals surface area contributed by atoms with Crippen LogP contribution in [-0.4, -0.2) is 50.1 Å². The Bertz CT molecular complexity index is 484. The molecule has 0 radical (unpaired) electrons. The Hall–Kier alpha value is -1.52. The summed E-state index contributed by atoms with van der Waals surface area (Å²) in [5.41, 5.74) is 1.17. The molecule has 21 heavy (non-hydrogen) atoms. The number of carbonyl (C=O) groups excluding carboxylic acids is 1. The molecule has 1 fully saturated rings. The number of rotatable bonds is 6. The van der Waals surface area contributed by atoms with Crippen LogP contribution in [0.3, 0.4) is 0 Å². The average Bonchev–Trinajstić information content (AvgIpc) is 2.51. The lowest BCUT2D eigenvalue weighted by atomic mass is 10.2. The van der Waals surface area contributed by atoms with Crippen LogP contribution in [0, 0.1) is 0 Å². The third-order valence-electron chi connectivity index (χ3n) is 3.64. The lowest BCUT2D eigenvalue weighted by molar-refractivity contribution is -0.121. The summed E-state index contributed by atoms with van der Waals surface area (Å²) in [4.78, 5) is 16.2. The second-order valence-corrected chi connectivity index (χ2v) is 5.59. The van der Waals surface area contributed by atoms with E-state index in [0.29, 0.717) is 13.0 Å². The largest absolute Gasteiger partial charge is 0.369 e. The van der Waals surface area contributed by atoms with Crippen LogP contribution in [0.25, 0.3) is 0 Å². The van der Waals surface area contributed by atoms with Crippen LogP contribution in [-0.2, 0) is 4.79 Å². The lowest BCUT2D eigenvalue weighted by Gasteiger charge is -2.36. The summed E-state index contributed by atoms with van der Waals surface area (Å²) in [6.45, 7) is 8.82. The molecule has 114 valence electrons. The molecule has 1 amide bonds. The molecule has 1 N–H and O–H groups in total. The predicted octanol–water partition coefficient (Wildman–Crippen LogP) is 2.15. The molecule has 0 unspecified atom stereocenters. The molecule has 2 rings (SSSR count). The highest BCUT2D eigenvalue weighted by atomic mass is 35.5. The first-order valence-electron chi connectivity index (χ1n) is 7.29. The second kappa shape index (κ2) is 8.05. The van der Waals surface area contributed by atoms with Crippen molar-refractivity contribution in [2.45, 2.75) is 6.42 Å². The van der Waals surface area contributed by atoms with E-state index in [1.807, 2.05) is 18.2 Å². The smallest absolute Gasteiger partial charge is 0.221 e. The van der Waals surface area contributed by atoms with Crippen molar-refractivity contribution in [1.82, 2.24) is 10.2 Å². The Kier molecular flexibility index (Phi) is 6.08. The van der Waals surface area contributed by atoms with Crippen LogP contribution in [0.5, 0.6) is 0 Å². The summed E-state index contributed by atoms with van der Waals surface area (Å²) in [5.74, 6) is 0.0900. The highest BCUT2D eigenvalue weighted by Gasteiger charge is 2.17. The van der Waals surface area contributed by atoms with Gasteiger partial charge in [0.1, 0.15) is 0 Å². The van der Waals surface area contributed by atoms with Crippen LogP contribution in [0.1, 0.15) is 6.42 Å². The van der Waals surface area contributed by atoms with Gasteiger partial charge in [-0.15, -0.1) is 6.58 Å². The van der Waals surface area contributed by atoms with E-state index in [9.17, 15) is 4.79 Å². The summed E-state index contributed by atoms with van der Waals surface area (Å²) < 4.78 is 0. The summed E-state index contributed by atoms with van der Waals surface area (Å²) in [7, 11) is 0. The standard InChI is InChI=1S/C16H22ClN3O/c1-2-7-18-16(21)6-8-19-9-11-20(12-10-19)15-5-3-4-14(17)13-15/h2-5,13H,1,6-12H2,(H,18,21). The molecule has 4 nitrogen and oxygen atoms in total. The number of nitrogens with one attached hydrogen (secondary N) is 1.